The third-order valence-electron chi connectivity index (χ3n) is 3.63. The standard InChI is InChI=1S/C17H18N2O4/c1-17(2,3)16-19-18-15(23-16)14-7-11-12(21-9-10-8-20-10)5-4-6-13(11)22-14/h4-7,10H,8-9H2,1-3H3/t10-/m0/s1. The van der Waals surface area contributed by atoms with Crippen molar-refractivity contribution in [2.75, 3.05) is 13.2 Å². The van der Waals surface area contributed by atoms with Crippen molar-refractivity contribution in [3.8, 4) is 17.4 Å². The van der Waals surface area contributed by atoms with Gasteiger partial charge in [-0.2, -0.15) is 0 Å². The van der Waals surface area contributed by atoms with E-state index in [1.807, 2.05) is 45.0 Å². The molecule has 0 spiro atoms. The van der Waals surface area contributed by atoms with Crippen LogP contribution in [0.25, 0.3) is 22.6 Å². The lowest BCUT2D eigenvalue weighted by molar-refractivity contribution is 0.265. The molecular formula is C17H18N2O4. The molecule has 120 valence electrons. The summed E-state index contributed by atoms with van der Waals surface area (Å²) in [7, 11) is 0. The minimum atomic E-state index is -0.199. The van der Waals surface area contributed by atoms with Crippen molar-refractivity contribution in [2.24, 2.45) is 0 Å². The van der Waals surface area contributed by atoms with Crippen molar-refractivity contribution < 1.29 is 18.3 Å². The number of hydrogen-bond donors (Lipinski definition) is 0. The molecule has 0 saturated carbocycles. The van der Waals surface area contributed by atoms with E-state index in [0.29, 0.717) is 24.1 Å². The van der Waals surface area contributed by atoms with Crippen LogP contribution in [0.15, 0.2) is 33.1 Å². The highest BCUT2D eigenvalue weighted by atomic mass is 16.6. The van der Waals surface area contributed by atoms with E-state index in [4.69, 9.17) is 18.3 Å². The second-order valence-corrected chi connectivity index (χ2v) is 6.71. The molecular weight excluding hydrogens is 296 g/mol. The zero-order valence-corrected chi connectivity index (χ0v) is 13.3. The molecule has 1 aliphatic rings. The zero-order chi connectivity index (χ0) is 16.0. The summed E-state index contributed by atoms with van der Waals surface area (Å²) in [5, 5.41) is 9.08. The van der Waals surface area contributed by atoms with E-state index in [0.717, 1.165) is 23.3 Å². The van der Waals surface area contributed by atoms with Crippen molar-refractivity contribution in [3.63, 3.8) is 0 Å². The number of rotatable bonds is 4. The molecule has 0 N–H and O–H groups in total. The molecule has 2 aromatic heterocycles. The van der Waals surface area contributed by atoms with Crippen LogP contribution in [0.1, 0.15) is 26.7 Å². The fraction of sp³-hybridized carbons (Fsp3) is 0.412. The van der Waals surface area contributed by atoms with Gasteiger partial charge in [0.2, 0.25) is 5.89 Å². The van der Waals surface area contributed by atoms with Gasteiger partial charge in [0.25, 0.3) is 5.89 Å². The summed E-state index contributed by atoms with van der Waals surface area (Å²) in [5.74, 6) is 2.27. The lowest BCUT2D eigenvalue weighted by atomic mass is 9.97. The van der Waals surface area contributed by atoms with E-state index in [1.165, 1.54) is 0 Å². The van der Waals surface area contributed by atoms with Gasteiger partial charge < -0.3 is 18.3 Å². The monoisotopic (exact) mass is 314 g/mol. The summed E-state index contributed by atoms with van der Waals surface area (Å²) in [6.07, 6.45) is 0.210. The zero-order valence-electron chi connectivity index (χ0n) is 13.3. The highest BCUT2D eigenvalue weighted by molar-refractivity contribution is 5.87. The maximum atomic E-state index is 5.84. The Morgan fingerprint density at radius 1 is 1.22 bits per heavy atom. The third kappa shape index (κ3) is 2.82. The lowest BCUT2D eigenvalue weighted by Crippen LogP contribution is -2.11. The van der Waals surface area contributed by atoms with Crippen molar-refractivity contribution in [1.82, 2.24) is 10.2 Å². The SMILES string of the molecule is CC(C)(C)c1nnc(-c2cc3c(OC[C@@H]4CO4)cccc3o2)o1. The molecule has 0 amide bonds. The van der Waals surface area contributed by atoms with Gasteiger partial charge in [-0.1, -0.05) is 26.8 Å². The van der Waals surface area contributed by atoms with Gasteiger partial charge in [0.15, 0.2) is 5.76 Å². The van der Waals surface area contributed by atoms with Crippen LogP contribution in [0, 0.1) is 0 Å². The summed E-state index contributed by atoms with van der Waals surface area (Å²) in [6.45, 7) is 7.39. The Morgan fingerprint density at radius 3 is 2.74 bits per heavy atom. The fourth-order valence-corrected chi connectivity index (χ4v) is 2.24. The van der Waals surface area contributed by atoms with Gasteiger partial charge >= 0.3 is 0 Å². The number of epoxide rings is 1. The topological polar surface area (TPSA) is 73.8 Å². The highest BCUT2D eigenvalue weighted by Crippen LogP contribution is 2.34. The first-order chi connectivity index (χ1) is 11.0. The first-order valence-electron chi connectivity index (χ1n) is 7.62. The van der Waals surface area contributed by atoms with Crippen molar-refractivity contribution in [3.05, 3.63) is 30.2 Å². The van der Waals surface area contributed by atoms with E-state index in [9.17, 15) is 0 Å². The summed E-state index contributed by atoms with van der Waals surface area (Å²) in [4.78, 5) is 0. The van der Waals surface area contributed by atoms with Crippen LogP contribution < -0.4 is 4.74 Å². The van der Waals surface area contributed by atoms with Gasteiger partial charge in [0, 0.05) is 11.5 Å². The number of ether oxygens (including phenoxy) is 2. The number of aromatic nitrogens is 2. The molecule has 1 atom stereocenters. The van der Waals surface area contributed by atoms with E-state index < -0.39 is 0 Å². The van der Waals surface area contributed by atoms with Gasteiger partial charge in [-0.3, -0.25) is 0 Å². The first kappa shape index (κ1) is 14.3. The van der Waals surface area contributed by atoms with Crippen LogP contribution in [0.4, 0.5) is 0 Å². The van der Waals surface area contributed by atoms with E-state index in [-0.39, 0.29) is 11.5 Å². The highest BCUT2D eigenvalue weighted by Gasteiger charge is 2.25. The Bertz CT molecular complexity index is 840. The lowest BCUT2D eigenvalue weighted by Gasteiger charge is -2.10. The number of hydrogen-bond acceptors (Lipinski definition) is 6. The van der Waals surface area contributed by atoms with Crippen LogP contribution in [0.3, 0.4) is 0 Å². The molecule has 3 heterocycles. The fourth-order valence-electron chi connectivity index (χ4n) is 2.24. The molecule has 0 radical (unpaired) electrons. The van der Waals surface area contributed by atoms with Gasteiger partial charge in [-0.15, -0.1) is 10.2 Å². The Labute approximate surface area is 133 Å². The molecule has 3 aromatic rings. The molecule has 0 bridgehead atoms. The minimum Gasteiger partial charge on any atom is -0.490 e. The van der Waals surface area contributed by atoms with Crippen LogP contribution in [-0.2, 0) is 10.2 Å². The summed E-state index contributed by atoms with van der Waals surface area (Å²) >= 11 is 0. The summed E-state index contributed by atoms with van der Waals surface area (Å²) in [5.41, 5.74) is 0.528. The molecule has 23 heavy (non-hydrogen) atoms. The van der Waals surface area contributed by atoms with Crippen molar-refractivity contribution in [1.29, 1.82) is 0 Å². The van der Waals surface area contributed by atoms with Crippen LogP contribution in [0.2, 0.25) is 0 Å². The number of benzene rings is 1. The van der Waals surface area contributed by atoms with Crippen molar-refractivity contribution in [2.45, 2.75) is 32.3 Å². The number of nitrogens with zero attached hydrogens (tertiary/aromatic N) is 2. The second kappa shape index (κ2) is 5.09. The molecule has 0 unspecified atom stereocenters. The minimum absolute atomic E-state index is 0.199. The predicted octanol–water partition coefficient (Wildman–Crippen LogP) is 3.56. The summed E-state index contributed by atoms with van der Waals surface area (Å²) < 4.78 is 22.5. The maximum absolute atomic E-state index is 5.84. The summed E-state index contributed by atoms with van der Waals surface area (Å²) in [6, 6.07) is 7.57. The molecule has 0 aliphatic carbocycles. The van der Waals surface area contributed by atoms with Crippen LogP contribution in [0.5, 0.6) is 5.75 Å². The third-order valence-corrected chi connectivity index (χ3v) is 3.63. The largest absolute Gasteiger partial charge is 0.490 e. The molecule has 4 rings (SSSR count). The van der Waals surface area contributed by atoms with Crippen LogP contribution in [-0.4, -0.2) is 29.5 Å². The smallest absolute Gasteiger partial charge is 0.283 e. The molecule has 6 heteroatoms. The van der Waals surface area contributed by atoms with Gasteiger partial charge in [-0.25, -0.2) is 0 Å². The van der Waals surface area contributed by atoms with E-state index >= 15 is 0 Å². The molecule has 1 saturated heterocycles. The second-order valence-electron chi connectivity index (χ2n) is 6.71. The predicted molar refractivity (Wildman–Crippen MR) is 83.4 cm³/mol. The Morgan fingerprint density at radius 2 is 2.04 bits per heavy atom. The Hall–Kier alpha value is -2.34. The van der Waals surface area contributed by atoms with Gasteiger partial charge in [-0.05, 0) is 12.1 Å². The van der Waals surface area contributed by atoms with Gasteiger partial charge in [0.05, 0.1) is 12.0 Å². The normalized spacial score (nSPS) is 17.6. The van der Waals surface area contributed by atoms with E-state index in [1.54, 1.807) is 0 Å². The molecule has 1 aromatic carbocycles. The first-order valence-corrected chi connectivity index (χ1v) is 7.62. The molecule has 6 nitrogen and oxygen atoms in total. The molecule has 1 aliphatic heterocycles. The number of furan rings is 1. The Kier molecular flexibility index (Phi) is 3.16. The molecule has 1 fully saturated rings. The quantitative estimate of drug-likeness (QED) is 0.686. The average Bonchev–Trinajstić information content (AvgIpc) is 3.01. The average molecular weight is 314 g/mol. The number of fused-ring (bicyclic) bond motifs is 1. The van der Waals surface area contributed by atoms with Crippen molar-refractivity contribution >= 4 is 11.0 Å². The van der Waals surface area contributed by atoms with E-state index in [2.05, 4.69) is 10.2 Å². The Balaban J connectivity index is 1.68. The van der Waals surface area contributed by atoms with Gasteiger partial charge in [0.1, 0.15) is 24.0 Å². The maximum Gasteiger partial charge on any atom is 0.283 e. The van der Waals surface area contributed by atoms with Crippen LogP contribution >= 0.6 is 0 Å².